The lowest BCUT2D eigenvalue weighted by molar-refractivity contribution is -0.917. The van der Waals surface area contributed by atoms with Gasteiger partial charge in [0.25, 0.3) is 5.91 Å². The van der Waals surface area contributed by atoms with Crippen molar-refractivity contribution in [2.75, 3.05) is 32.7 Å². The molecule has 1 aliphatic heterocycles. The normalized spacial score (nSPS) is 16.3. The van der Waals surface area contributed by atoms with Crippen molar-refractivity contribution in [3.63, 3.8) is 0 Å². The predicted octanol–water partition coefficient (Wildman–Crippen LogP) is 1.20. The lowest BCUT2D eigenvalue weighted by Gasteiger charge is -2.32. The van der Waals surface area contributed by atoms with Crippen molar-refractivity contribution in [3.8, 4) is 0 Å². The summed E-state index contributed by atoms with van der Waals surface area (Å²) in [6.45, 7) is 9.55. The number of halogens is 1. The molecule has 0 aromatic heterocycles. The van der Waals surface area contributed by atoms with Crippen LogP contribution in [-0.2, 0) is 11.3 Å². The van der Waals surface area contributed by atoms with Gasteiger partial charge in [0.05, 0.1) is 26.2 Å². The Morgan fingerprint density at radius 1 is 1.19 bits per heavy atom. The summed E-state index contributed by atoms with van der Waals surface area (Å²) in [4.78, 5) is 16.2. The largest absolute Gasteiger partial charge is 0.333 e. The van der Waals surface area contributed by atoms with E-state index in [-0.39, 0.29) is 11.9 Å². The Bertz CT molecular complexity index is 772. The summed E-state index contributed by atoms with van der Waals surface area (Å²) in [5.41, 5.74) is 3.92. The molecule has 0 aliphatic carbocycles. The second-order valence-electron chi connectivity index (χ2n) is 7.52. The van der Waals surface area contributed by atoms with Gasteiger partial charge in [0.2, 0.25) is 0 Å². The van der Waals surface area contributed by atoms with Crippen molar-refractivity contribution >= 4 is 17.5 Å². The minimum absolute atomic E-state index is 0.223. The minimum Gasteiger partial charge on any atom is -0.333 e. The van der Waals surface area contributed by atoms with Gasteiger partial charge >= 0.3 is 0 Å². The van der Waals surface area contributed by atoms with Crippen LogP contribution in [0.25, 0.3) is 0 Å². The van der Waals surface area contributed by atoms with E-state index in [1.54, 1.807) is 4.90 Å². The molecule has 1 heterocycles. The van der Waals surface area contributed by atoms with Crippen LogP contribution in [0.4, 0.5) is 0 Å². The fourth-order valence-electron chi connectivity index (χ4n) is 3.66. The van der Waals surface area contributed by atoms with Crippen LogP contribution in [0.5, 0.6) is 0 Å². The summed E-state index contributed by atoms with van der Waals surface area (Å²) < 4.78 is 0. The third kappa shape index (κ3) is 5.55. The Labute approximate surface area is 167 Å². The molecule has 1 atom stereocenters. The molecule has 144 valence electrons. The first-order valence-electron chi connectivity index (χ1n) is 9.77. The molecule has 2 aromatic carbocycles. The van der Waals surface area contributed by atoms with Crippen LogP contribution in [0.3, 0.4) is 0 Å². The maximum absolute atomic E-state index is 12.6. The molecule has 4 nitrogen and oxygen atoms in total. The number of rotatable bonds is 6. The van der Waals surface area contributed by atoms with Gasteiger partial charge < -0.3 is 15.1 Å². The van der Waals surface area contributed by atoms with Crippen molar-refractivity contribution in [2.45, 2.75) is 26.4 Å². The number of nitrogens with one attached hydrogen (secondary N) is 1. The Balaban J connectivity index is 1.44. The number of carbonyl (C=O) groups is 1. The molecule has 1 amide bonds. The zero-order chi connectivity index (χ0) is 19.2. The molecular formula is C22H30ClN3O+2. The third-order valence-corrected chi connectivity index (χ3v) is 5.78. The average Bonchev–Trinajstić information content (AvgIpc) is 2.68. The number of hydrogen-bond acceptors (Lipinski definition) is 1. The SMILES string of the molecule is Cc1ccccc1C[NH+]1CCN(C(=O)C[NH2+][C@@H](C)c2cccc(Cl)c2)CC1. The summed E-state index contributed by atoms with van der Waals surface area (Å²) in [6, 6.07) is 16.7. The van der Waals surface area contributed by atoms with Crippen molar-refractivity contribution in [1.82, 2.24) is 4.90 Å². The van der Waals surface area contributed by atoms with Crippen LogP contribution in [0.1, 0.15) is 29.7 Å². The number of benzene rings is 2. The van der Waals surface area contributed by atoms with E-state index in [0.717, 1.165) is 43.3 Å². The second kappa shape index (κ2) is 9.36. The first kappa shape index (κ1) is 19.9. The van der Waals surface area contributed by atoms with E-state index in [1.807, 2.05) is 23.1 Å². The van der Waals surface area contributed by atoms with Gasteiger partial charge in [0.15, 0.2) is 6.54 Å². The van der Waals surface area contributed by atoms with Gasteiger partial charge in [0, 0.05) is 16.1 Å². The van der Waals surface area contributed by atoms with Crippen molar-refractivity contribution in [3.05, 3.63) is 70.2 Å². The highest BCUT2D eigenvalue weighted by molar-refractivity contribution is 6.30. The zero-order valence-corrected chi connectivity index (χ0v) is 17.0. The lowest BCUT2D eigenvalue weighted by atomic mass is 10.1. The van der Waals surface area contributed by atoms with E-state index < -0.39 is 0 Å². The lowest BCUT2D eigenvalue weighted by Crippen LogP contribution is -3.13. The van der Waals surface area contributed by atoms with Crippen molar-refractivity contribution in [1.29, 1.82) is 0 Å². The quantitative estimate of drug-likeness (QED) is 0.768. The molecule has 0 unspecified atom stereocenters. The summed E-state index contributed by atoms with van der Waals surface area (Å²) in [6.07, 6.45) is 0. The Kier molecular flexibility index (Phi) is 6.89. The molecule has 0 radical (unpaired) electrons. The van der Waals surface area contributed by atoms with Gasteiger partial charge in [-0.05, 0) is 31.5 Å². The van der Waals surface area contributed by atoms with Crippen LogP contribution >= 0.6 is 11.6 Å². The highest BCUT2D eigenvalue weighted by atomic mass is 35.5. The van der Waals surface area contributed by atoms with Gasteiger partial charge in [-0.25, -0.2) is 0 Å². The summed E-state index contributed by atoms with van der Waals surface area (Å²) >= 11 is 6.06. The number of nitrogens with two attached hydrogens (primary N) is 1. The number of piperazine rings is 1. The van der Waals surface area contributed by atoms with Crippen LogP contribution < -0.4 is 10.2 Å². The predicted molar refractivity (Wildman–Crippen MR) is 109 cm³/mol. The highest BCUT2D eigenvalue weighted by Gasteiger charge is 2.25. The number of aryl methyl sites for hydroxylation is 1. The van der Waals surface area contributed by atoms with Gasteiger partial charge in [-0.3, -0.25) is 4.79 Å². The molecule has 3 N–H and O–H groups in total. The molecule has 2 aromatic rings. The highest BCUT2D eigenvalue weighted by Crippen LogP contribution is 2.14. The molecule has 0 saturated carbocycles. The summed E-state index contributed by atoms with van der Waals surface area (Å²) in [5, 5.41) is 2.84. The van der Waals surface area contributed by atoms with E-state index in [2.05, 4.69) is 49.5 Å². The van der Waals surface area contributed by atoms with E-state index in [4.69, 9.17) is 11.6 Å². The maximum Gasteiger partial charge on any atom is 0.278 e. The molecule has 5 heteroatoms. The number of amides is 1. The third-order valence-electron chi connectivity index (χ3n) is 5.55. The van der Waals surface area contributed by atoms with E-state index >= 15 is 0 Å². The molecule has 27 heavy (non-hydrogen) atoms. The van der Waals surface area contributed by atoms with Crippen LogP contribution in [-0.4, -0.2) is 43.5 Å². The smallest absolute Gasteiger partial charge is 0.278 e. The van der Waals surface area contributed by atoms with Crippen LogP contribution in [0.2, 0.25) is 5.02 Å². The van der Waals surface area contributed by atoms with Gasteiger partial charge in [-0.1, -0.05) is 48.0 Å². The van der Waals surface area contributed by atoms with E-state index in [1.165, 1.54) is 11.1 Å². The summed E-state index contributed by atoms with van der Waals surface area (Å²) in [5.74, 6) is 0.235. The Morgan fingerprint density at radius 2 is 1.93 bits per heavy atom. The number of carbonyl (C=O) groups excluding carboxylic acids is 1. The van der Waals surface area contributed by atoms with Crippen molar-refractivity contribution < 1.29 is 15.0 Å². The molecule has 1 aliphatic rings. The van der Waals surface area contributed by atoms with Crippen molar-refractivity contribution in [2.24, 2.45) is 0 Å². The van der Waals surface area contributed by atoms with Gasteiger partial charge in [-0.2, -0.15) is 0 Å². The fourth-order valence-corrected chi connectivity index (χ4v) is 3.86. The zero-order valence-electron chi connectivity index (χ0n) is 16.2. The summed E-state index contributed by atoms with van der Waals surface area (Å²) in [7, 11) is 0. The number of hydrogen-bond donors (Lipinski definition) is 2. The first-order chi connectivity index (χ1) is 13.0. The maximum atomic E-state index is 12.6. The van der Waals surface area contributed by atoms with Gasteiger partial charge in [0.1, 0.15) is 12.6 Å². The first-order valence-corrected chi connectivity index (χ1v) is 10.2. The van der Waals surface area contributed by atoms with Gasteiger partial charge in [-0.15, -0.1) is 0 Å². The molecule has 1 fully saturated rings. The molecule has 0 spiro atoms. The number of nitrogens with zero attached hydrogens (tertiary/aromatic N) is 1. The number of quaternary nitrogens is 2. The standard InChI is InChI=1S/C22H28ClN3O/c1-17-6-3-4-7-20(17)16-25-10-12-26(13-11-25)22(27)15-24-18(2)19-8-5-9-21(23)14-19/h3-9,14,18,24H,10-13,15-16H2,1-2H3/p+2/t18-/m0/s1. The molecule has 0 bridgehead atoms. The van der Waals surface area contributed by atoms with E-state index in [9.17, 15) is 4.79 Å². The topological polar surface area (TPSA) is 41.4 Å². The minimum atomic E-state index is 0.223. The van der Waals surface area contributed by atoms with Crippen LogP contribution in [0.15, 0.2) is 48.5 Å². The molecule has 1 saturated heterocycles. The monoisotopic (exact) mass is 387 g/mol. The second-order valence-corrected chi connectivity index (χ2v) is 7.95. The Hall–Kier alpha value is -1.88. The molecular weight excluding hydrogens is 358 g/mol. The van der Waals surface area contributed by atoms with E-state index in [0.29, 0.717) is 6.54 Å². The molecule has 3 rings (SSSR count). The Morgan fingerprint density at radius 3 is 2.63 bits per heavy atom. The van der Waals surface area contributed by atoms with Crippen LogP contribution in [0, 0.1) is 6.92 Å². The fraction of sp³-hybridized carbons (Fsp3) is 0.409. The average molecular weight is 388 g/mol.